The van der Waals surface area contributed by atoms with E-state index >= 15 is 0 Å². The minimum Gasteiger partial charge on any atom is -0.350 e. The summed E-state index contributed by atoms with van der Waals surface area (Å²) in [5, 5.41) is 5.26. The molecule has 2 rings (SSSR count). The van der Waals surface area contributed by atoms with Crippen molar-refractivity contribution >= 4 is 17.2 Å². The van der Waals surface area contributed by atoms with Gasteiger partial charge in [-0.15, -0.1) is 11.3 Å². The van der Waals surface area contributed by atoms with Crippen LogP contribution in [0.15, 0.2) is 11.6 Å². The number of amides is 1. The van der Waals surface area contributed by atoms with Gasteiger partial charge in [-0.3, -0.25) is 4.79 Å². The smallest absolute Gasteiger partial charge is 0.280 e. The molecule has 1 aromatic rings. The average Bonchev–Trinajstić information content (AvgIpc) is 2.67. The second-order valence-corrected chi connectivity index (χ2v) is 4.41. The summed E-state index contributed by atoms with van der Waals surface area (Å²) in [6.45, 7) is 3.01. The van der Waals surface area contributed by atoms with Crippen LogP contribution in [0.1, 0.15) is 23.1 Å². The molecular weight excluding hydrogens is 184 g/mol. The van der Waals surface area contributed by atoms with Crippen molar-refractivity contribution in [3.63, 3.8) is 0 Å². The Morgan fingerprint density at radius 2 is 2.62 bits per heavy atom. The van der Waals surface area contributed by atoms with E-state index in [-0.39, 0.29) is 5.91 Å². The van der Waals surface area contributed by atoms with Gasteiger partial charge in [-0.1, -0.05) is 6.92 Å². The van der Waals surface area contributed by atoms with Crippen LogP contribution in [-0.2, 0) is 0 Å². The summed E-state index contributed by atoms with van der Waals surface area (Å²) in [6, 6.07) is 0. The molecule has 2 atom stereocenters. The standard InChI is InChI=1S/C9H12N2OS/c1-6-4-7(6)5-11-8(12)9-10-2-3-13-9/h2-3,6-7H,4-5H2,1H3,(H,11,12). The first-order valence-electron chi connectivity index (χ1n) is 4.45. The fourth-order valence-corrected chi connectivity index (χ4v) is 1.87. The van der Waals surface area contributed by atoms with Crippen LogP contribution < -0.4 is 5.32 Å². The van der Waals surface area contributed by atoms with Crippen LogP contribution in [0.2, 0.25) is 0 Å². The predicted molar refractivity (Wildman–Crippen MR) is 51.7 cm³/mol. The molecule has 0 bridgehead atoms. The summed E-state index contributed by atoms with van der Waals surface area (Å²) in [5.74, 6) is 1.45. The molecule has 1 aliphatic rings. The molecule has 1 aromatic heterocycles. The maximum Gasteiger partial charge on any atom is 0.280 e. The lowest BCUT2D eigenvalue weighted by atomic mass is 10.3. The minimum atomic E-state index is -0.0332. The number of carbonyl (C=O) groups excluding carboxylic acids is 1. The van der Waals surface area contributed by atoms with Crippen molar-refractivity contribution in [2.75, 3.05) is 6.54 Å². The van der Waals surface area contributed by atoms with Crippen LogP contribution in [0.3, 0.4) is 0 Å². The van der Waals surface area contributed by atoms with E-state index in [0.29, 0.717) is 10.9 Å². The molecule has 1 saturated carbocycles. The van der Waals surface area contributed by atoms with E-state index in [1.165, 1.54) is 17.8 Å². The summed E-state index contributed by atoms with van der Waals surface area (Å²) in [7, 11) is 0. The van der Waals surface area contributed by atoms with Gasteiger partial charge >= 0.3 is 0 Å². The number of rotatable bonds is 3. The van der Waals surface area contributed by atoms with Crippen LogP contribution in [0.5, 0.6) is 0 Å². The number of thiazole rings is 1. The zero-order valence-corrected chi connectivity index (χ0v) is 8.30. The Kier molecular flexibility index (Phi) is 2.31. The van der Waals surface area contributed by atoms with Gasteiger partial charge in [0.1, 0.15) is 0 Å². The summed E-state index contributed by atoms with van der Waals surface area (Å²) >= 11 is 1.38. The molecule has 1 amide bonds. The van der Waals surface area contributed by atoms with Crippen LogP contribution in [0.25, 0.3) is 0 Å². The van der Waals surface area contributed by atoms with Crippen molar-refractivity contribution in [2.45, 2.75) is 13.3 Å². The van der Waals surface area contributed by atoms with E-state index in [1.54, 1.807) is 6.20 Å². The van der Waals surface area contributed by atoms with Gasteiger partial charge in [0.2, 0.25) is 0 Å². The summed E-state index contributed by atoms with van der Waals surface area (Å²) in [4.78, 5) is 15.3. The van der Waals surface area contributed by atoms with Crippen LogP contribution in [0, 0.1) is 11.8 Å². The molecular formula is C9H12N2OS. The Hall–Kier alpha value is -0.900. The third-order valence-electron chi connectivity index (χ3n) is 2.43. The summed E-state index contributed by atoms with van der Waals surface area (Å²) in [6.07, 6.45) is 2.90. The topological polar surface area (TPSA) is 42.0 Å². The molecule has 0 saturated heterocycles. The van der Waals surface area contributed by atoms with Crippen molar-refractivity contribution in [3.8, 4) is 0 Å². The molecule has 0 radical (unpaired) electrons. The van der Waals surface area contributed by atoms with E-state index in [4.69, 9.17) is 0 Å². The molecule has 70 valence electrons. The van der Waals surface area contributed by atoms with Crippen molar-refractivity contribution in [1.29, 1.82) is 0 Å². The average molecular weight is 196 g/mol. The molecule has 1 fully saturated rings. The predicted octanol–water partition coefficient (Wildman–Crippen LogP) is 1.53. The number of nitrogens with zero attached hydrogens (tertiary/aromatic N) is 1. The van der Waals surface area contributed by atoms with Crippen LogP contribution in [-0.4, -0.2) is 17.4 Å². The minimum absolute atomic E-state index is 0.0332. The second kappa shape index (κ2) is 3.46. The number of aromatic nitrogens is 1. The lowest BCUT2D eigenvalue weighted by molar-refractivity contribution is 0.0951. The third kappa shape index (κ3) is 2.06. The first kappa shape index (κ1) is 8.69. The second-order valence-electron chi connectivity index (χ2n) is 3.52. The largest absolute Gasteiger partial charge is 0.350 e. The number of hydrogen-bond donors (Lipinski definition) is 1. The van der Waals surface area contributed by atoms with Crippen molar-refractivity contribution in [2.24, 2.45) is 11.8 Å². The molecule has 0 aromatic carbocycles. The number of hydrogen-bond acceptors (Lipinski definition) is 3. The van der Waals surface area contributed by atoms with E-state index in [2.05, 4.69) is 17.2 Å². The van der Waals surface area contributed by atoms with Crippen LogP contribution in [0.4, 0.5) is 0 Å². The van der Waals surface area contributed by atoms with Gasteiger partial charge in [-0.2, -0.15) is 0 Å². The van der Waals surface area contributed by atoms with Crippen molar-refractivity contribution in [1.82, 2.24) is 10.3 Å². The van der Waals surface area contributed by atoms with Gasteiger partial charge in [-0.25, -0.2) is 4.98 Å². The van der Waals surface area contributed by atoms with E-state index in [0.717, 1.165) is 12.5 Å². The normalized spacial score (nSPS) is 25.6. The van der Waals surface area contributed by atoms with E-state index in [1.807, 2.05) is 5.38 Å². The van der Waals surface area contributed by atoms with E-state index in [9.17, 15) is 4.79 Å². The Morgan fingerprint density at radius 3 is 3.15 bits per heavy atom. The first-order valence-corrected chi connectivity index (χ1v) is 5.33. The first-order chi connectivity index (χ1) is 6.27. The van der Waals surface area contributed by atoms with Gasteiger partial charge < -0.3 is 5.32 Å². The van der Waals surface area contributed by atoms with Crippen molar-refractivity contribution in [3.05, 3.63) is 16.6 Å². The SMILES string of the molecule is CC1CC1CNC(=O)c1nccs1. The molecule has 1 N–H and O–H groups in total. The lowest BCUT2D eigenvalue weighted by Gasteiger charge is -2.00. The van der Waals surface area contributed by atoms with Gasteiger partial charge in [0, 0.05) is 18.1 Å². The molecule has 2 unspecified atom stereocenters. The Labute approximate surface area is 81.2 Å². The maximum absolute atomic E-state index is 11.4. The summed E-state index contributed by atoms with van der Waals surface area (Å²) < 4.78 is 0. The molecule has 4 heteroatoms. The quantitative estimate of drug-likeness (QED) is 0.796. The monoisotopic (exact) mass is 196 g/mol. The van der Waals surface area contributed by atoms with Gasteiger partial charge in [0.15, 0.2) is 5.01 Å². The molecule has 1 heterocycles. The highest BCUT2D eigenvalue weighted by Gasteiger charge is 2.32. The van der Waals surface area contributed by atoms with Crippen LogP contribution >= 0.6 is 11.3 Å². The fraction of sp³-hybridized carbons (Fsp3) is 0.556. The Bertz CT molecular complexity index is 297. The number of carbonyl (C=O) groups is 1. The number of nitrogens with one attached hydrogen (secondary N) is 1. The third-order valence-corrected chi connectivity index (χ3v) is 3.20. The van der Waals surface area contributed by atoms with Gasteiger partial charge in [-0.05, 0) is 18.3 Å². The Morgan fingerprint density at radius 1 is 1.85 bits per heavy atom. The summed E-state index contributed by atoms with van der Waals surface area (Å²) in [5.41, 5.74) is 0. The van der Waals surface area contributed by atoms with Gasteiger partial charge in [0.25, 0.3) is 5.91 Å². The Balaban J connectivity index is 1.79. The molecule has 3 nitrogen and oxygen atoms in total. The molecule has 1 aliphatic carbocycles. The zero-order valence-electron chi connectivity index (χ0n) is 7.49. The highest BCUT2D eigenvalue weighted by Crippen LogP contribution is 2.36. The van der Waals surface area contributed by atoms with Crippen molar-refractivity contribution < 1.29 is 4.79 Å². The fourth-order valence-electron chi connectivity index (χ4n) is 1.32. The molecule has 0 aliphatic heterocycles. The lowest BCUT2D eigenvalue weighted by Crippen LogP contribution is -2.25. The maximum atomic E-state index is 11.4. The highest BCUT2D eigenvalue weighted by molar-refractivity contribution is 7.11. The van der Waals surface area contributed by atoms with E-state index < -0.39 is 0 Å². The molecule has 13 heavy (non-hydrogen) atoms. The zero-order chi connectivity index (χ0) is 9.26. The highest BCUT2D eigenvalue weighted by atomic mass is 32.1. The van der Waals surface area contributed by atoms with Gasteiger partial charge in [0.05, 0.1) is 0 Å². The molecule has 0 spiro atoms.